The Labute approximate surface area is 154 Å². The number of esters is 1. The first-order valence-corrected chi connectivity index (χ1v) is 9.28. The number of amides is 3. The van der Waals surface area contributed by atoms with Crippen molar-refractivity contribution in [2.24, 2.45) is 5.92 Å². The largest absolute Gasteiger partial charge is 0.455 e. The van der Waals surface area contributed by atoms with Gasteiger partial charge in [-0.2, -0.15) is 0 Å². The molecule has 6 heteroatoms. The summed E-state index contributed by atoms with van der Waals surface area (Å²) in [6, 6.07) is 5.50. The maximum absolute atomic E-state index is 11.9. The molecule has 0 saturated heterocycles. The molecule has 1 aliphatic rings. The van der Waals surface area contributed by atoms with Crippen LogP contribution in [-0.4, -0.2) is 31.1 Å². The average Bonchev–Trinajstić information content (AvgIpc) is 2.59. The molecule has 142 valence electrons. The number of rotatable bonds is 7. The lowest BCUT2D eigenvalue weighted by molar-refractivity contribution is -0.147. The van der Waals surface area contributed by atoms with E-state index in [0.717, 1.165) is 24.8 Å². The average molecular weight is 360 g/mol. The number of fused-ring (bicyclic) bond motifs is 1. The van der Waals surface area contributed by atoms with Crippen LogP contribution >= 0.6 is 0 Å². The van der Waals surface area contributed by atoms with E-state index in [9.17, 15) is 14.4 Å². The molecule has 26 heavy (non-hydrogen) atoms. The Kier molecular flexibility index (Phi) is 7.63. The molecule has 0 radical (unpaired) electrons. The molecule has 0 saturated carbocycles. The first kappa shape index (κ1) is 19.9. The zero-order chi connectivity index (χ0) is 18.9. The van der Waals surface area contributed by atoms with E-state index in [4.69, 9.17) is 4.74 Å². The van der Waals surface area contributed by atoms with Crippen molar-refractivity contribution in [1.29, 1.82) is 0 Å². The Balaban J connectivity index is 1.69. The van der Waals surface area contributed by atoms with E-state index >= 15 is 0 Å². The molecule has 0 bridgehead atoms. The van der Waals surface area contributed by atoms with Gasteiger partial charge in [0.15, 0.2) is 6.61 Å². The molecule has 0 heterocycles. The van der Waals surface area contributed by atoms with Gasteiger partial charge in [0.25, 0.3) is 5.91 Å². The summed E-state index contributed by atoms with van der Waals surface area (Å²) in [5.41, 5.74) is 3.55. The Morgan fingerprint density at radius 1 is 1.12 bits per heavy atom. The van der Waals surface area contributed by atoms with Crippen molar-refractivity contribution in [1.82, 2.24) is 10.6 Å². The maximum atomic E-state index is 11.9. The van der Waals surface area contributed by atoms with Gasteiger partial charge in [0.1, 0.15) is 0 Å². The molecule has 1 aliphatic carbocycles. The number of nitrogens with one attached hydrogen (secondary N) is 2. The fourth-order valence-corrected chi connectivity index (χ4v) is 2.94. The van der Waals surface area contributed by atoms with E-state index in [-0.39, 0.29) is 6.42 Å². The smallest absolute Gasteiger partial charge is 0.321 e. The van der Waals surface area contributed by atoms with Crippen LogP contribution in [0.2, 0.25) is 0 Å². The molecule has 0 spiro atoms. The highest BCUT2D eigenvalue weighted by Gasteiger charge is 2.14. The Morgan fingerprint density at radius 3 is 2.58 bits per heavy atom. The Hall–Kier alpha value is -2.37. The highest BCUT2D eigenvalue weighted by Crippen LogP contribution is 2.22. The second-order valence-corrected chi connectivity index (χ2v) is 7.13. The summed E-state index contributed by atoms with van der Waals surface area (Å²) in [5, 5.41) is 4.74. The van der Waals surface area contributed by atoms with E-state index in [1.807, 2.05) is 19.9 Å². The summed E-state index contributed by atoms with van der Waals surface area (Å²) in [6.07, 6.45) is 5.50. The van der Waals surface area contributed by atoms with E-state index in [2.05, 4.69) is 22.8 Å². The third-order valence-electron chi connectivity index (χ3n) is 4.39. The van der Waals surface area contributed by atoms with E-state index in [1.165, 1.54) is 24.0 Å². The summed E-state index contributed by atoms with van der Waals surface area (Å²) in [6.45, 7) is 4.13. The molecule has 0 aliphatic heterocycles. The second kappa shape index (κ2) is 9.94. The molecular weight excluding hydrogens is 332 g/mol. The van der Waals surface area contributed by atoms with Crippen molar-refractivity contribution in [2.45, 2.75) is 52.4 Å². The van der Waals surface area contributed by atoms with E-state index < -0.39 is 24.5 Å². The standard InChI is InChI=1S/C20H28N2O4/c1-14(2)9-10-21-20(25)22-18(23)13-26-19(24)12-15-7-8-16-5-3-4-6-17(16)11-15/h7-8,11,14H,3-6,9-10,12-13H2,1-2H3,(H2,21,22,23,25). The van der Waals surface area contributed by atoms with Gasteiger partial charge < -0.3 is 10.1 Å². The van der Waals surface area contributed by atoms with Crippen LogP contribution in [0.4, 0.5) is 4.79 Å². The fraction of sp³-hybridized carbons (Fsp3) is 0.550. The molecule has 0 unspecified atom stereocenters. The molecule has 1 aromatic carbocycles. The first-order valence-electron chi connectivity index (χ1n) is 9.28. The minimum Gasteiger partial charge on any atom is -0.455 e. The van der Waals surface area contributed by atoms with Crippen molar-refractivity contribution in [2.75, 3.05) is 13.2 Å². The molecule has 1 aromatic rings. The number of hydrogen-bond donors (Lipinski definition) is 2. The molecular formula is C20H28N2O4. The first-order chi connectivity index (χ1) is 12.4. The predicted octanol–water partition coefficient (Wildman–Crippen LogP) is 2.52. The van der Waals surface area contributed by atoms with Crippen LogP contribution in [0.25, 0.3) is 0 Å². The fourth-order valence-electron chi connectivity index (χ4n) is 2.94. The van der Waals surface area contributed by atoms with Gasteiger partial charge in [0.05, 0.1) is 6.42 Å². The SMILES string of the molecule is CC(C)CCNC(=O)NC(=O)COC(=O)Cc1ccc2c(c1)CCCC2. The summed E-state index contributed by atoms with van der Waals surface area (Å²) >= 11 is 0. The van der Waals surface area contributed by atoms with Crippen LogP contribution in [0.3, 0.4) is 0 Å². The van der Waals surface area contributed by atoms with Crippen LogP contribution in [0.1, 0.15) is 49.8 Å². The topological polar surface area (TPSA) is 84.5 Å². The maximum Gasteiger partial charge on any atom is 0.321 e. The quantitative estimate of drug-likeness (QED) is 0.732. The predicted molar refractivity (Wildman–Crippen MR) is 98.7 cm³/mol. The van der Waals surface area contributed by atoms with Gasteiger partial charge in [-0.25, -0.2) is 4.79 Å². The van der Waals surface area contributed by atoms with Crippen molar-refractivity contribution in [3.05, 3.63) is 34.9 Å². The van der Waals surface area contributed by atoms with Crippen LogP contribution < -0.4 is 10.6 Å². The third kappa shape index (κ3) is 6.86. The zero-order valence-electron chi connectivity index (χ0n) is 15.6. The number of hydrogen-bond acceptors (Lipinski definition) is 4. The molecule has 2 N–H and O–H groups in total. The molecule has 0 aromatic heterocycles. The zero-order valence-corrected chi connectivity index (χ0v) is 15.6. The Bertz CT molecular complexity index is 655. The number of urea groups is 1. The summed E-state index contributed by atoms with van der Waals surface area (Å²) < 4.78 is 4.96. The number of imide groups is 1. The van der Waals surface area contributed by atoms with Crippen LogP contribution in [0.15, 0.2) is 18.2 Å². The van der Waals surface area contributed by atoms with Gasteiger partial charge in [0.2, 0.25) is 0 Å². The summed E-state index contributed by atoms with van der Waals surface area (Å²) in [7, 11) is 0. The number of carbonyl (C=O) groups excluding carboxylic acids is 3. The van der Waals surface area contributed by atoms with Gasteiger partial charge in [-0.1, -0.05) is 32.0 Å². The minimum absolute atomic E-state index is 0.126. The lowest BCUT2D eigenvalue weighted by atomic mass is 9.90. The minimum atomic E-state index is -0.633. The van der Waals surface area contributed by atoms with Crippen molar-refractivity contribution in [3.63, 3.8) is 0 Å². The molecule has 0 fully saturated rings. The molecule has 6 nitrogen and oxygen atoms in total. The van der Waals surface area contributed by atoms with Crippen LogP contribution in [-0.2, 0) is 33.6 Å². The van der Waals surface area contributed by atoms with Gasteiger partial charge in [-0.15, -0.1) is 0 Å². The highest BCUT2D eigenvalue weighted by atomic mass is 16.5. The van der Waals surface area contributed by atoms with Crippen molar-refractivity contribution < 1.29 is 19.1 Å². The number of carbonyl (C=O) groups is 3. The molecule has 2 rings (SSSR count). The van der Waals surface area contributed by atoms with E-state index in [1.54, 1.807) is 0 Å². The van der Waals surface area contributed by atoms with Gasteiger partial charge in [0, 0.05) is 6.54 Å². The third-order valence-corrected chi connectivity index (χ3v) is 4.39. The lowest BCUT2D eigenvalue weighted by Crippen LogP contribution is -2.42. The van der Waals surface area contributed by atoms with Crippen LogP contribution in [0, 0.1) is 5.92 Å². The number of ether oxygens (including phenoxy) is 1. The number of aryl methyl sites for hydroxylation is 2. The number of benzene rings is 1. The van der Waals surface area contributed by atoms with Crippen LogP contribution in [0.5, 0.6) is 0 Å². The van der Waals surface area contributed by atoms with Gasteiger partial charge in [-0.05, 0) is 54.7 Å². The summed E-state index contributed by atoms with van der Waals surface area (Å²) in [5.74, 6) is -0.641. The molecule has 3 amide bonds. The van der Waals surface area contributed by atoms with E-state index in [0.29, 0.717) is 12.5 Å². The molecule has 0 atom stereocenters. The van der Waals surface area contributed by atoms with Gasteiger partial charge >= 0.3 is 12.0 Å². The normalized spacial score (nSPS) is 13.0. The van der Waals surface area contributed by atoms with Crippen molar-refractivity contribution in [3.8, 4) is 0 Å². The monoisotopic (exact) mass is 360 g/mol. The lowest BCUT2D eigenvalue weighted by Gasteiger charge is -2.16. The van der Waals surface area contributed by atoms with Gasteiger partial charge in [-0.3, -0.25) is 14.9 Å². The Morgan fingerprint density at radius 2 is 1.85 bits per heavy atom. The highest BCUT2D eigenvalue weighted by molar-refractivity contribution is 5.95. The second-order valence-electron chi connectivity index (χ2n) is 7.13. The summed E-state index contributed by atoms with van der Waals surface area (Å²) in [4.78, 5) is 35.1. The van der Waals surface area contributed by atoms with Crippen molar-refractivity contribution >= 4 is 17.9 Å².